The number of pyridine rings is 1. The number of rotatable bonds is 5. The third-order valence-electron chi connectivity index (χ3n) is 4.81. The molecule has 2 aromatic carbocycles. The number of carbonyl (C=O) groups is 2. The molecule has 160 valence electrons. The van der Waals surface area contributed by atoms with Gasteiger partial charge < -0.3 is 9.88 Å². The molecule has 4 aromatic rings. The molecule has 5 nitrogen and oxygen atoms in total. The van der Waals surface area contributed by atoms with Gasteiger partial charge in [0.1, 0.15) is 5.49 Å². The standard InChI is InChI=1S/C25H20ClN3O2S/c1-17-7-9-18(10-8-17)16-29-13-3-2-6-23(29)28-24(30)19-11-12-20(26)21(15-19)27-25(31)22-5-4-14-32-22/h2-15H,16H2,1H3,(H,27,31). The van der Waals surface area contributed by atoms with E-state index in [1.807, 2.05) is 35.2 Å². The van der Waals surface area contributed by atoms with Crippen LogP contribution in [0, 0.1) is 6.92 Å². The molecule has 0 aliphatic heterocycles. The first-order valence-corrected chi connectivity index (χ1v) is 11.2. The van der Waals surface area contributed by atoms with Crippen LogP contribution >= 0.6 is 22.9 Å². The maximum Gasteiger partial charge on any atom is 0.279 e. The van der Waals surface area contributed by atoms with E-state index in [1.165, 1.54) is 16.9 Å². The van der Waals surface area contributed by atoms with Crippen LogP contribution in [0.3, 0.4) is 0 Å². The largest absolute Gasteiger partial charge is 0.328 e. The van der Waals surface area contributed by atoms with Gasteiger partial charge in [0, 0.05) is 18.3 Å². The molecule has 2 aromatic heterocycles. The number of aromatic nitrogens is 1. The van der Waals surface area contributed by atoms with Gasteiger partial charge in [0.05, 0.1) is 15.6 Å². The number of carbonyl (C=O) groups excluding carboxylic acids is 2. The molecule has 0 bridgehead atoms. The first-order valence-electron chi connectivity index (χ1n) is 9.94. The van der Waals surface area contributed by atoms with Crippen molar-refractivity contribution in [3.05, 3.63) is 116 Å². The van der Waals surface area contributed by atoms with Crippen molar-refractivity contribution < 1.29 is 9.59 Å². The Bertz CT molecular complexity index is 1330. The minimum absolute atomic E-state index is 0.276. The number of hydrogen-bond donors (Lipinski definition) is 1. The van der Waals surface area contributed by atoms with E-state index in [9.17, 15) is 9.59 Å². The monoisotopic (exact) mass is 461 g/mol. The molecule has 32 heavy (non-hydrogen) atoms. The third-order valence-corrected chi connectivity index (χ3v) is 6.01. The Morgan fingerprint density at radius 2 is 1.84 bits per heavy atom. The molecular formula is C25H20ClN3O2S. The van der Waals surface area contributed by atoms with Gasteiger partial charge >= 0.3 is 0 Å². The third kappa shape index (κ3) is 5.22. The number of anilines is 1. The summed E-state index contributed by atoms with van der Waals surface area (Å²) in [5.74, 6) is -0.695. The molecule has 0 unspecified atom stereocenters. The summed E-state index contributed by atoms with van der Waals surface area (Å²) in [6.45, 7) is 2.64. The number of nitrogens with zero attached hydrogens (tertiary/aromatic N) is 2. The number of hydrogen-bond acceptors (Lipinski definition) is 3. The number of aryl methyl sites for hydroxylation is 1. The lowest BCUT2D eigenvalue weighted by molar-refractivity contribution is 0.0994. The molecule has 1 N–H and O–H groups in total. The lowest BCUT2D eigenvalue weighted by Gasteiger charge is -2.09. The van der Waals surface area contributed by atoms with Gasteiger partial charge in [-0.3, -0.25) is 9.59 Å². The Balaban J connectivity index is 1.60. The van der Waals surface area contributed by atoms with Crippen molar-refractivity contribution in [1.82, 2.24) is 4.57 Å². The molecular weight excluding hydrogens is 442 g/mol. The molecule has 0 aliphatic rings. The van der Waals surface area contributed by atoms with E-state index in [0.29, 0.717) is 33.2 Å². The first kappa shape index (κ1) is 21.7. The Kier molecular flexibility index (Phi) is 6.63. The number of nitrogens with one attached hydrogen (secondary N) is 1. The highest BCUT2D eigenvalue weighted by Gasteiger charge is 2.13. The van der Waals surface area contributed by atoms with Crippen molar-refractivity contribution in [2.24, 2.45) is 4.99 Å². The average Bonchev–Trinajstić information content (AvgIpc) is 3.33. The zero-order valence-electron chi connectivity index (χ0n) is 17.3. The van der Waals surface area contributed by atoms with E-state index in [-0.39, 0.29) is 5.91 Å². The minimum atomic E-state index is -0.419. The zero-order valence-corrected chi connectivity index (χ0v) is 18.9. The van der Waals surface area contributed by atoms with Crippen molar-refractivity contribution in [2.75, 3.05) is 5.32 Å². The predicted molar refractivity (Wildman–Crippen MR) is 128 cm³/mol. The summed E-state index contributed by atoms with van der Waals surface area (Å²) in [6, 6.07) is 22.0. The van der Waals surface area contributed by atoms with Crippen molar-refractivity contribution in [3.8, 4) is 0 Å². The second kappa shape index (κ2) is 9.77. The van der Waals surface area contributed by atoms with Crippen LogP contribution in [0.4, 0.5) is 5.69 Å². The summed E-state index contributed by atoms with van der Waals surface area (Å²) in [5, 5.41) is 4.93. The van der Waals surface area contributed by atoms with Crippen molar-refractivity contribution in [1.29, 1.82) is 0 Å². The predicted octanol–water partition coefficient (Wildman–Crippen LogP) is 5.55. The molecule has 7 heteroatoms. The van der Waals surface area contributed by atoms with Crippen molar-refractivity contribution in [3.63, 3.8) is 0 Å². The highest BCUT2D eigenvalue weighted by Crippen LogP contribution is 2.24. The highest BCUT2D eigenvalue weighted by molar-refractivity contribution is 7.12. The summed E-state index contributed by atoms with van der Waals surface area (Å²) >= 11 is 7.56. The fourth-order valence-electron chi connectivity index (χ4n) is 3.11. The van der Waals surface area contributed by atoms with Crippen LogP contribution in [-0.2, 0) is 6.54 Å². The maximum absolute atomic E-state index is 12.9. The smallest absolute Gasteiger partial charge is 0.279 e. The van der Waals surface area contributed by atoms with Crippen LogP contribution in [0.2, 0.25) is 5.02 Å². The fourth-order valence-corrected chi connectivity index (χ4v) is 3.89. The first-order chi connectivity index (χ1) is 15.5. The van der Waals surface area contributed by atoms with Gasteiger partial charge in [-0.25, -0.2) is 0 Å². The fraction of sp³-hybridized carbons (Fsp3) is 0.0800. The zero-order chi connectivity index (χ0) is 22.5. The topological polar surface area (TPSA) is 63.5 Å². The molecule has 2 amide bonds. The number of halogens is 1. The Hall–Kier alpha value is -3.48. The summed E-state index contributed by atoms with van der Waals surface area (Å²) in [4.78, 5) is 30.1. The van der Waals surface area contributed by atoms with Gasteiger partial charge in [-0.05, 0) is 54.3 Å². The number of amides is 2. The van der Waals surface area contributed by atoms with Gasteiger partial charge in [0.25, 0.3) is 11.8 Å². The molecule has 0 saturated heterocycles. The highest BCUT2D eigenvalue weighted by atomic mass is 35.5. The lowest BCUT2D eigenvalue weighted by atomic mass is 10.1. The summed E-state index contributed by atoms with van der Waals surface area (Å²) in [5.41, 5.74) is 3.54. The summed E-state index contributed by atoms with van der Waals surface area (Å²) in [6.07, 6.45) is 1.89. The quantitative estimate of drug-likeness (QED) is 0.423. The normalized spacial score (nSPS) is 11.4. The SMILES string of the molecule is Cc1ccc(Cn2ccccc2=NC(=O)c2ccc(Cl)c(NC(=O)c3cccs3)c2)cc1. The van der Waals surface area contributed by atoms with E-state index in [2.05, 4.69) is 34.6 Å². The Morgan fingerprint density at radius 3 is 2.59 bits per heavy atom. The van der Waals surface area contributed by atoms with Gasteiger partial charge in [0.2, 0.25) is 0 Å². The van der Waals surface area contributed by atoms with E-state index < -0.39 is 5.91 Å². The molecule has 0 fully saturated rings. The molecule has 4 rings (SSSR count). The average molecular weight is 462 g/mol. The second-order valence-electron chi connectivity index (χ2n) is 7.22. The van der Waals surface area contributed by atoms with Crippen molar-refractivity contribution in [2.45, 2.75) is 13.5 Å². The Labute approximate surface area is 194 Å². The molecule has 0 radical (unpaired) electrons. The van der Waals surface area contributed by atoms with Gasteiger partial charge in [-0.15, -0.1) is 11.3 Å². The lowest BCUT2D eigenvalue weighted by Crippen LogP contribution is -2.22. The van der Waals surface area contributed by atoms with Crippen molar-refractivity contribution >= 4 is 40.4 Å². The van der Waals surface area contributed by atoms with Gasteiger partial charge in [0.15, 0.2) is 0 Å². The van der Waals surface area contributed by atoms with Crippen LogP contribution in [0.25, 0.3) is 0 Å². The molecule has 0 atom stereocenters. The maximum atomic E-state index is 12.9. The van der Waals surface area contributed by atoms with E-state index >= 15 is 0 Å². The number of thiophene rings is 1. The second-order valence-corrected chi connectivity index (χ2v) is 8.57. The van der Waals surface area contributed by atoms with Crippen LogP contribution in [0.1, 0.15) is 31.2 Å². The minimum Gasteiger partial charge on any atom is -0.328 e. The van der Waals surface area contributed by atoms with E-state index in [1.54, 1.807) is 36.4 Å². The Morgan fingerprint density at radius 1 is 1.03 bits per heavy atom. The summed E-state index contributed by atoms with van der Waals surface area (Å²) < 4.78 is 1.91. The van der Waals surface area contributed by atoms with Gasteiger partial charge in [-0.2, -0.15) is 4.99 Å². The summed E-state index contributed by atoms with van der Waals surface area (Å²) in [7, 11) is 0. The molecule has 0 aliphatic carbocycles. The molecule has 0 saturated carbocycles. The van der Waals surface area contributed by atoms with Crippen LogP contribution in [0.15, 0.2) is 89.4 Å². The molecule has 0 spiro atoms. The van der Waals surface area contributed by atoms with E-state index in [0.717, 1.165) is 5.56 Å². The van der Waals surface area contributed by atoms with Crippen LogP contribution in [-0.4, -0.2) is 16.4 Å². The van der Waals surface area contributed by atoms with E-state index in [4.69, 9.17) is 11.6 Å². The van der Waals surface area contributed by atoms with Crippen LogP contribution in [0.5, 0.6) is 0 Å². The van der Waals surface area contributed by atoms with Crippen LogP contribution < -0.4 is 10.8 Å². The van der Waals surface area contributed by atoms with Gasteiger partial charge in [-0.1, -0.05) is 53.6 Å². The number of benzene rings is 2. The molecule has 2 heterocycles.